The summed E-state index contributed by atoms with van der Waals surface area (Å²) in [5, 5.41) is 8.97. The standard InChI is InChI=1S/C10H14N2O3/c1-4-12-5-7(9(13)14)8(6(2)3)11-10(12)15/h5-6H,4H2,1-3H3,(H,13,14). The van der Waals surface area contributed by atoms with Crippen molar-refractivity contribution < 1.29 is 9.90 Å². The van der Waals surface area contributed by atoms with Gasteiger partial charge in [-0.1, -0.05) is 13.8 Å². The first-order valence-electron chi connectivity index (χ1n) is 4.82. The normalized spacial score (nSPS) is 10.7. The van der Waals surface area contributed by atoms with Crippen molar-refractivity contribution in [3.63, 3.8) is 0 Å². The summed E-state index contributed by atoms with van der Waals surface area (Å²) in [5.74, 6) is -1.12. The molecular formula is C10H14N2O3. The van der Waals surface area contributed by atoms with Crippen molar-refractivity contribution >= 4 is 5.97 Å². The highest BCUT2D eigenvalue weighted by Gasteiger charge is 2.16. The van der Waals surface area contributed by atoms with Gasteiger partial charge in [-0.15, -0.1) is 0 Å². The lowest BCUT2D eigenvalue weighted by Crippen LogP contribution is -2.26. The lowest BCUT2D eigenvalue weighted by Gasteiger charge is -2.10. The lowest BCUT2D eigenvalue weighted by molar-refractivity contribution is 0.0693. The van der Waals surface area contributed by atoms with Crippen molar-refractivity contribution in [1.82, 2.24) is 9.55 Å². The number of hydrogen-bond donors (Lipinski definition) is 1. The number of carboxylic acid groups (broad SMARTS) is 1. The highest BCUT2D eigenvalue weighted by Crippen LogP contribution is 2.14. The molecule has 1 heterocycles. The molecule has 82 valence electrons. The van der Waals surface area contributed by atoms with Crippen LogP contribution < -0.4 is 5.69 Å². The van der Waals surface area contributed by atoms with E-state index in [0.717, 1.165) is 0 Å². The monoisotopic (exact) mass is 210 g/mol. The molecular weight excluding hydrogens is 196 g/mol. The molecule has 0 unspecified atom stereocenters. The third-order valence-corrected chi connectivity index (χ3v) is 2.14. The van der Waals surface area contributed by atoms with Gasteiger partial charge in [-0.2, -0.15) is 4.98 Å². The van der Waals surface area contributed by atoms with Gasteiger partial charge in [-0.3, -0.25) is 4.57 Å². The van der Waals surface area contributed by atoms with Crippen molar-refractivity contribution in [2.75, 3.05) is 0 Å². The van der Waals surface area contributed by atoms with Crippen molar-refractivity contribution in [2.24, 2.45) is 0 Å². The number of carbonyl (C=O) groups is 1. The van der Waals surface area contributed by atoms with Gasteiger partial charge in [0, 0.05) is 12.7 Å². The van der Waals surface area contributed by atoms with E-state index in [1.54, 1.807) is 6.92 Å². The van der Waals surface area contributed by atoms with Crippen LogP contribution in [0.25, 0.3) is 0 Å². The predicted molar refractivity (Wildman–Crippen MR) is 55.2 cm³/mol. The Morgan fingerprint density at radius 1 is 1.60 bits per heavy atom. The highest BCUT2D eigenvalue weighted by atomic mass is 16.4. The summed E-state index contributed by atoms with van der Waals surface area (Å²) >= 11 is 0. The molecule has 0 saturated carbocycles. The van der Waals surface area contributed by atoms with E-state index in [9.17, 15) is 9.59 Å². The molecule has 1 aromatic heterocycles. The first kappa shape index (κ1) is 11.4. The van der Waals surface area contributed by atoms with Crippen LogP contribution in [0.4, 0.5) is 0 Å². The van der Waals surface area contributed by atoms with Crippen molar-refractivity contribution in [3.8, 4) is 0 Å². The summed E-state index contributed by atoms with van der Waals surface area (Å²) in [7, 11) is 0. The maximum absolute atomic E-state index is 11.4. The van der Waals surface area contributed by atoms with Gasteiger partial charge in [0.2, 0.25) is 0 Å². The third-order valence-electron chi connectivity index (χ3n) is 2.14. The average Bonchev–Trinajstić information content (AvgIpc) is 2.16. The molecule has 0 spiro atoms. The SMILES string of the molecule is CCn1cc(C(=O)O)c(C(C)C)nc1=O. The first-order valence-corrected chi connectivity index (χ1v) is 4.82. The largest absolute Gasteiger partial charge is 0.478 e. The highest BCUT2D eigenvalue weighted by molar-refractivity contribution is 5.88. The number of nitrogens with zero attached hydrogens (tertiary/aromatic N) is 2. The molecule has 1 N–H and O–H groups in total. The number of aromatic nitrogens is 2. The maximum Gasteiger partial charge on any atom is 0.347 e. The topological polar surface area (TPSA) is 72.2 Å². The van der Waals surface area contributed by atoms with E-state index < -0.39 is 11.7 Å². The predicted octanol–water partition coefficient (Wildman–Crippen LogP) is 1.08. The molecule has 15 heavy (non-hydrogen) atoms. The van der Waals surface area contributed by atoms with Gasteiger partial charge in [0.15, 0.2) is 0 Å². The Kier molecular flexibility index (Phi) is 3.24. The van der Waals surface area contributed by atoms with E-state index in [2.05, 4.69) is 4.98 Å². The van der Waals surface area contributed by atoms with Gasteiger partial charge in [0.25, 0.3) is 0 Å². The zero-order valence-corrected chi connectivity index (χ0v) is 9.02. The Bertz CT molecular complexity index is 435. The number of rotatable bonds is 3. The van der Waals surface area contributed by atoms with E-state index in [1.807, 2.05) is 13.8 Å². The van der Waals surface area contributed by atoms with Gasteiger partial charge in [-0.25, -0.2) is 9.59 Å². The Labute approximate surface area is 87.4 Å². The van der Waals surface area contributed by atoms with Crippen LogP contribution in [0, 0.1) is 0 Å². The van der Waals surface area contributed by atoms with Crippen LogP contribution >= 0.6 is 0 Å². The fourth-order valence-corrected chi connectivity index (χ4v) is 1.34. The quantitative estimate of drug-likeness (QED) is 0.810. The second-order valence-electron chi connectivity index (χ2n) is 3.57. The van der Waals surface area contributed by atoms with Gasteiger partial charge >= 0.3 is 11.7 Å². The molecule has 5 heteroatoms. The van der Waals surface area contributed by atoms with Gasteiger partial charge in [0.1, 0.15) is 0 Å². The third kappa shape index (κ3) is 2.23. The Hall–Kier alpha value is -1.65. The van der Waals surface area contributed by atoms with E-state index >= 15 is 0 Å². The maximum atomic E-state index is 11.4. The van der Waals surface area contributed by atoms with Crippen LogP contribution in [-0.4, -0.2) is 20.6 Å². The Morgan fingerprint density at radius 3 is 2.60 bits per heavy atom. The molecule has 1 aromatic rings. The minimum absolute atomic E-state index is 0.0738. The summed E-state index contributed by atoms with van der Waals surface area (Å²) < 4.78 is 1.29. The number of aryl methyl sites for hydroxylation is 1. The summed E-state index contributed by atoms with van der Waals surface area (Å²) in [6.07, 6.45) is 1.35. The molecule has 0 saturated heterocycles. The molecule has 0 aromatic carbocycles. The van der Waals surface area contributed by atoms with Crippen molar-refractivity contribution in [1.29, 1.82) is 0 Å². The molecule has 0 aliphatic carbocycles. The van der Waals surface area contributed by atoms with Crippen LogP contribution in [0.1, 0.15) is 42.7 Å². The molecule has 0 fully saturated rings. The summed E-state index contributed by atoms with van der Waals surface area (Å²) in [4.78, 5) is 26.2. The molecule has 0 aliphatic heterocycles. The minimum Gasteiger partial charge on any atom is -0.478 e. The van der Waals surface area contributed by atoms with Crippen LogP contribution in [0.3, 0.4) is 0 Å². The molecule has 5 nitrogen and oxygen atoms in total. The second-order valence-corrected chi connectivity index (χ2v) is 3.57. The fourth-order valence-electron chi connectivity index (χ4n) is 1.34. The van der Waals surface area contributed by atoms with Crippen molar-refractivity contribution in [3.05, 3.63) is 27.9 Å². The minimum atomic E-state index is -1.05. The van der Waals surface area contributed by atoms with Gasteiger partial charge < -0.3 is 5.11 Å². The molecule has 0 amide bonds. The molecule has 0 radical (unpaired) electrons. The van der Waals surface area contributed by atoms with Crippen LogP contribution in [0.5, 0.6) is 0 Å². The van der Waals surface area contributed by atoms with E-state index in [0.29, 0.717) is 12.2 Å². The zero-order valence-electron chi connectivity index (χ0n) is 9.02. The fraction of sp³-hybridized carbons (Fsp3) is 0.500. The first-order chi connectivity index (χ1) is 6.97. The zero-order chi connectivity index (χ0) is 11.6. The average molecular weight is 210 g/mol. The Morgan fingerprint density at radius 2 is 2.20 bits per heavy atom. The van der Waals surface area contributed by atoms with Gasteiger partial charge in [0.05, 0.1) is 11.3 Å². The molecule has 1 rings (SSSR count). The van der Waals surface area contributed by atoms with Crippen molar-refractivity contribution in [2.45, 2.75) is 33.2 Å². The number of aromatic carboxylic acids is 1. The van der Waals surface area contributed by atoms with Crippen LogP contribution in [0.15, 0.2) is 11.0 Å². The van der Waals surface area contributed by atoms with Crippen LogP contribution in [-0.2, 0) is 6.54 Å². The molecule has 0 atom stereocenters. The molecule has 0 bridgehead atoms. The second kappa shape index (κ2) is 4.25. The molecule has 0 aliphatic rings. The Balaban J connectivity index is 3.46. The summed E-state index contributed by atoms with van der Waals surface area (Å²) in [6, 6.07) is 0. The lowest BCUT2D eigenvalue weighted by atomic mass is 10.1. The van der Waals surface area contributed by atoms with E-state index in [1.165, 1.54) is 10.8 Å². The number of hydrogen-bond acceptors (Lipinski definition) is 3. The van der Waals surface area contributed by atoms with E-state index in [4.69, 9.17) is 5.11 Å². The van der Waals surface area contributed by atoms with E-state index in [-0.39, 0.29) is 11.5 Å². The smallest absolute Gasteiger partial charge is 0.347 e. The van der Waals surface area contributed by atoms with Crippen LogP contribution in [0.2, 0.25) is 0 Å². The summed E-state index contributed by atoms with van der Waals surface area (Å²) in [5.41, 5.74) is 0.0508. The summed E-state index contributed by atoms with van der Waals surface area (Å²) in [6.45, 7) is 5.81. The van der Waals surface area contributed by atoms with Gasteiger partial charge in [-0.05, 0) is 12.8 Å². The number of carboxylic acids is 1.